The zero-order chi connectivity index (χ0) is 21.4. The number of aliphatic hydroxyl groups is 1. The summed E-state index contributed by atoms with van der Waals surface area (Å²) in [5.41, 5.74) is 2.99. The van der Waals surface area contributed by atoms with E-state index < -0.39 is 17.7 Å². The van der Waals surface area contributed by atoms with E-state index in [0.29, 0.717) is 24.2 Å². The van der Waals surface area contributed by atoms with Crippen LogP contribution in [0.15, 0.2) is 49.1 Å². The van der Waals surface area contributed by atoms with Gasteiger partial charge in [0.2, 0.25) is 0 Å². The van der Waals surface area contributed by atoms with Crippen LogP contribution in [-0.4, -0.2) is 44.0 Å². The first-order chi connectivity index (χ1) is 15.1. The molecule has 3 N–H and O–H groups in total. The molecule has 2 atom stereocenters. The van der Waals surface area contributed by atoms with Gasteiger partial charge in [-0.1, -0.05) is 11.8 Å². The van der Waals surface area contributed by atoms with Crippen molar-refractivity contribution >= 4 is 11.0 Å². The molecule has 1 saturated heterocycles. The highest BCUT2D eigenvalue weighted by atomic mass is 19.1. The Morgan fingerprint density at radius 3 is 2.84 bits per heavy atom. The maximum atomic E-state index is 13.9. The van der Waals surface area contributed by atoms with Gasteiger partial charge in [-0.3, -0.25) is 4.68 Å². The van der Waals surface area contributed by atoms with Crippen LogP contribution in [0.2, 0.25) is 0 Å². The van der Waals surface area contributed by atoms with Gasteiger partial charge in [0.05, 0.1) is 29.5 Å². The first kappa shape index (κ1) is 19.4. The summed E-state index contributed by atoms with van der Waals surface area (Å²) < 4.78 is 29.0. The minimum atomic E-state index is -0.570. The van der Waals surface area contributed by atoms with E-state index >= 15 is 0 Å². The minimum absolute atomic E-state index is 0.000565. The van der Waals surface area contributed by atoms with Crippen LogP contribution in [0.4, 0.5) is 8.78 Å². The Kier molecular flexibility index (Phi) is 4.98. The van der Waals surface area contributed by atoms with Crippen LogP contribution in [0, 0.1) is 23.5 Å². The molecule has 0 bridgehead atoms. The van der Waals surface area contributed by atoms with E-state index in [0.717, 1.165) is 41.3 Å². The van der Waals surface area contributed by atoms with Crippen LogP contribution >= 0.6 is 0 Å². The first-order valence-corrected chi connectivity index (χ1v) is 9.96. The fourth-order valence-corrected chi connectivity index (χ4v) is 3.76. The lowest BCUT2D eigenvalue weighted by atomic mass is 10.0. The number of piperidine rings is 1. The number of hydrogen-bond acceptors (Lipinski definition) is 4. The standard InChI is InChI=1S/C23H19F2N5O/c24-18-3-4-20(25)14(7-18)1-2-15-9-27-23-19(15)8-16(10-28-23)17-11-29-30(13-17)21-12-26-6-5-22(21)31/h3-4,7-11,13,21-22,26,31H,5-6,12H2,(H,27,28). The average molecular weight is 419 g/mol. The Labute approximate surface area is 176 Å². The molecular formula is C23H19F2N5O. The highest BCUT2D eigenvalue weighted by Crippen LogP contribution is 2.26. The Balaban J connectivity index is 1.48. The first-order valence-electron chi connectivity index (χ1n) is 9.96. The number of aromatic amines is 1. The lowest BCUT2D eigenvalue weighted by Crippen LogP contribution is -2.41. The van der Waals surface area contributed by atoms with Crippen LogP contribution in [0.1, 0.15) is 23.6 Å². The summed E-state index contributed by atoms with van der Waals surface area (Å²) in [4.78, 5) is 7.49. The molecule has 0 aliphatic carbocycles. The molecule has 8 heteroatoms. The number of H-pyrrole nitrogens is 1. The van der Waals surface area contributed by atoms with Crippen molar-refractivity contribution in [1.29, 1.82) is 0 Å². The molecule has 3 aromatic heterocycles. The molecule has 6 nitrogen and oxygen atoms in total. The maximum Gasteiger partial charge on any atom is 0.139 e. The smallest absolute Gasteiger partial charge is 0.139 e. The topological polar surface area (TPSA) is 78.8 Å². The molecule has 0 radical (unpaired) electrons. The lowest BCUT2D eigenvalue weighted by molar-refractivity contribution is 0.0783. The van der Waals surface area contributed by atoms with E-state index in [1.165, 1.54) is 0 Å². The SMILES string of the molecule is OC1CCNCC1n1cc(-c2cnc3[nH]cc(C#Cc4cc(F)ccc4F)c3c2)cn1. The predicted octanol–water partition coefficient (Wildman–Crippen LogP) is 3.00. The summed E-state index contributed by atoms with van der Waals surface area (Å²) in [6.07, 6.45) is 7.31. The van der Waals surface area contributed by atoms with Crippen molar-refractivity contribution in [2.45, 2.75) is 18.6 Å². The van der Waals surface area contributed by atoms with Gasteiger partial charge in [-0.25, -0.2) is 13.8 Å². The number of benzene rings is 1. The number of hydrogen-bond donors (Lipinski definition) is 3. The minimum Gasteiger partial charge on any atom is -0.391 e. The predicted molar refractivity (Wildman–Crippen MR) is 112 cm³/mol. The van der Waals surface area contributed by atoms with Gasteiger partial charge in [-0.15, -0.1) is 0 Å². The van der Waals surface area contributed by atoms with Crippen molar-refractivity contribution in [2.75, 3.05) is 13.1 Å². The number of halogens is 2. The molecule has 1 aliphatic heterocycles. The summed E-state index contributed by atoms with van der Waals surface area (Å²) in [5.74, 6) is 4.49. The summed E-state index contributed by atoms with van der Waals surface area (Å²) >= 11 is 0. The Bertz CT molecular complexity index is 1320. The van der Waals surface area contributed by atoms with Crippen LogP contribution in [0.3, 0.4) is 0 Å². The molecule has 1 aliphatic rings. The third-order valence-corrected chi connectivity index (χ3v) is 5.48. The molecule has 1 fully saturated rings. The number of aromatic nitrogens is 4. The molecular weight excluding hydrogens is 400 g/mol. The molecule has 4 aromatic rings. The second-order valence-corrected chi connectivity index (χ2v) is 7.53. The largest absolute Gasteiger partial charge is 0.391 e. The Hall–Kier alpha value is -3.54. The van der Waals surface area contributed by atoms with Crippen molar-refractivity contribution in [1.82, 2.24) is 25.1 Å². The number of aliphatic hydroxyl groups excluding tert-OH is 1. The highest BCUT2D eigenvalue weighted by molar-refractivity contribution is 5.87. The Morgan fingerprint density at radius 1 is 1.10 bits per heavy atom. The van der Waals surface area contributed by atoms with Crippen LogP contribution in [0.25, 0.3) is 22.2 Å². The third kappa shape index (κ3) is 3.81. The van der Waals surface area contributed by atoms with Crippen LogP contribution in [-0.2, 0) is 0 Å². The zero-order valence-corrected chi connectivity index (χ0v) is 16.4. The Morgan fingerprint density at radius 2 is 1.97 bits per heavy atom. The molecule has 5 rings (SSSR count). The van der Waals surface area contributed by atoms with E-state index in [2.05, 4.69) is 32.2 Å². The summed E-state index contributed by atoms with van der Waals surface area (Å²) in [6.45, 7) is 1.46. The summed E-state index contributed by atoms with van der Waals surface area (Å²) in [5, 5.41) is 18.7. The molecule has 0 spiro atoms. The third-order valence-electron chi connectivity index (χ3n) is 5.48. The normalized spacial score (nSPS) is 18.7. The summed E-state index contributed by atoms with van der Waals surface area (Å²) in [7, 11) is 0. The van der Waals surface area contributed by atoms with Gasteiger partial charge >= 0.3 is 0 Å². The van der Waals surface area contributed by atoms with Crippen molar-refractivity contribution in [3.05, 3.63) is 71.8 Å². The van der Waals surface area contributed by atoms with Gasteiger partial charge in [0, 0.05) is 41.6 Å². The monoisotopic (exact) mass is 419 g/mol. The molecule has 0 amide bonds. The van der Waals surface area contributed by atoms with Crippen LogP contribution in [0.5, 0.6) is 0 Å². The quantitative estimate of drug-likeness (QED) is 0.437. The number of rotatable bonds is 2. The van der Waals surface area contributed by atoms with E-state index in [-0.39, 0.29) is 11.6 Å². The van der Waals surface area contributed by atoms with Gasteiger partial charge in [0.15, 0.2) is 0 Å². The number of nitrogens with one attached hydrogen (secondary N) is 2. The summed E-state index contributed by atoms with van der Waals surface area (Å²) in [6, 6.07) is 5.01. The van der Waals surface area contributed by atoms with Crippen molar-refractivity contribution in [3.63, 3.8) is 0 Å². The van der Waals surface area contributed by atoms with Crippen LogP contribution < -0.4 is 5.32 Å². The van der Waals surface area contributed by atoms with Crippen molar-refractivity contribution < 1.29 is 13.9 Å². The molecule has 1 aromatic carbocycles. The van der Waals surface area contributed by atoms with Gasteiger partial charge in [-0.2, -0.15) is 5.10 Å². The van der Waals surface area contributed by atoms with E-state index in [9.17, 15) is 13.9 Å². The number of pyridine rings is 1. The van der Waals surface area contributed by atoms with E-state index in [1.807, 2.05) is 12.3 Å². The maximum absolute atomic E-state index is 13.9. The lowest BCUT2D eigenvalue weighted by Gasteiger charge is -2.28. The van der Waals surface area contributed by atoms with Gasteiger partial charge < -0.3 is 15.4 Å². The second-order valence-electron chi connectivity index (χ2n) is 7.53. The molecule has 2 unspecified atom stereocenters. The van der Waals surface area contributed by atoms with Gasteiger partial charge in [0.1, 0.15) is 17.3 Å². The van der Waals surface area contributed by atoms with Crippen molar-refractivity contribution in [2.24, 2.45) is 0 Å². The number of nitrogens with zero attached hydrogens (tertiary/aromatic N) is 3. The highest BCUT2D eigenvalue weighted by Gasteiger charge is 2.25. The fourth-order valence-electron chi connectivity index (χ4n) is 3.76. The zero-order valence-electron chi connectivity index (χ0n) is 16.4. The molecule has 4 heterocycles. The average Bonchev–Trinajstić information content (AvgIpc) is 3.42. The molecule has 156 valence electrons. The second kappa shape index (κ2) is 7.95. The number of fused-ring (bicyclic) bond motifs is 1. The molecule has 31 heavy (non-hydrogen) atoms. The van der Waals surface area contributed by atoms with Gasteiger partial charge in [0.25, 0.3) is 0 Å². The van der Waals surface area contributed by atoms with E-state index in [4.69, 9.17) is 0 Å². The van der Waals surface area contributed by atoms with Gasteiger partial charge in [-0.05, 0) is 37.2 Å². The van der Waals surface area contributed by atoms with E-state index in [1.54, 1.807) is 23.3 Å². The molecule has 0 saturated carbocycles. The fraction of sp³-hybridized carbons (Fsp3) is 0.217. The van der Waals surface area contributed by atoms with Crippen molar-refractivity contribution in [3.8, 4) is 23.0 Å².